The Hall–Kier alpha value is -2.69. The zero-order valence-electron chi connectivity index (χ0n) is 14.1. The highest BCUT2D eigenvalue weighted by Crippen LogP contribution is 2.39. The van der Waals surface area contributed by atoms with Crippen molar-refractivity contribution in [2.75, 3.05) is 11.9 Å². The predicted molar refractivity (Wildman–Crippen MR) is 94.5 cm³/mol. The lowest BCUT2D eigenvalue weighted by Gasteiger charge is -2.08. The van der Waals surface area contributed by atoms with Crippen LogP contribution in [0.1, 0.15) is 17.5 Å². The van der Waals surface area contributed by atoms with Crippen LogP contribution in [0.25, 0.3) is 0 Å². The molecule has 0 spiro atoms. The molecule has 0 bridgehead atoms. The van der Waals surface area contributed by atoms with Crippen LogP contribution in [0.15, 0.2) is 48.5 Å². The van der Waals surface area contributed by atoms with Gasteiger partial charge < -0.3 is 10.6 Å². The van der Waals surface area contributed by atoms with Crippen LogP contribution in [0.2, 0.25) is 0 Å². The number of carbonyl (C=O) groups is 2. The van der Waals surface area contributed by atoms with E-state index in [2.05, 4.69) is 10.6 Å². The molecule has 4 nitrogen and oxygen atoms in total. The Balaban J connectivity index is 1.45. The van der Waals surface area contributed by atoms with Gasteiger partial charge in [0.15, 0.2) is 0 Å². The van der Waals surface area contributed by atoms with Crippen LogP contribution in [-0.4, -0.2) is 18.4 Å². The second-order valence-corrected chi connectivity index (χ2v) is 6.39. The van der Waals surface area contributed by atoms with Gasteiger partial charge >= 0.3 is 0 Å². The Bertz CT molecular complexity index is 791. The molecule has 1 aliphatic carbocycles. The first-order valence-corrected chi connectivity index (χ1v) is 8.44. The molecule has 2 amide bonds. The number of anilines is 1. The molecular formula is C20H21FN2O2. The van der Waals surface area contributed by atoms with Crippen molar-refractivity contribution in [1.29, 1.82) is 0 Å². The molecule has 5 heteroatoms. The average Bonchev–Trinajstić information content (AvgIpc) is 3.39. The van der Waals surface area contributed by atoms with Crippen LogP contribution in [0.4, 0.5) is 10.1 Å². The first kappa shape index (κ1) is 17.1. The Kier molecular flexibility index (Phi) is 5.12. The number of hydrogen-bond acceptors (Lipinski definition) is 2. The molecule has 2 unspecified atom stereocenters. The van der Waals surface area contributed by atoms with Crippen molar-refractivity contribution in [2.24, 2.45) is 11.8 Å². The number of carbonyl (C=O) groups excluding carboxylic acids is 2. The second kappa shape index (κ2) is 7.47. The van der Waals surface area contributed by atoms with Crippen LogP contribution < -0.4 is 10.6 Å². The van der Waals surface area contributed by atoms with Crippen LogP contribution in [0, 0.1) is 24.6 Å². The van der Waals surface area contributed by atoms with Crippen molar-refractivity contribution in [2.45, 2.75) is 19.8 Å². The topological polar surface area (TPSA) is 58.2 Å². The monoisotopic (exact) mass is 340 g/mol. The van der Waals surface area contributed by atoms with Crippen molar-refractivity contribution in [1.82, 2.24) is 5.32 Å². The van der Waals surface area contributed by atoms with Gasteiger partial charge in [-0.3, -0.25) is 9.59 Å². The lowest BCUT2D eigenvalue weighted by molar-refractivity contribution is -0.125. The lowest BCUT2D eigenvalue weighted by Crippen LogP contribution is -2.29. The second-order valence-electron chi connectivity index (χ2n) is 6.39. The molecule has 2 aromatic carbocycles. The zero-order valence-corrected chi connectivity index (χ0v) is 14.1. The smallest absolute Gasteiger partial charge is 0.228 e. The van der Waals surface area contributed by atoms with Crippen molar-refractivity contribution in [3.05, 3.63) is 65.5 Å². The van der Waals surface area contributed by atoms with Gasteiger partial charge in [0.1, 0.15) is 5.82 Å². The molecule has 0 saturated heterocycles. The summed E-state index contributed by atoms with van der Waals surface area (Å²) in [6.07, 6.45) is 0.994. The van der Waals surface area contributed by atoms with E-state index in [1.165, 1.54) is 6.07 Å². The lowest BCUT2D eigenvalue weighted by atomic mass is 10.1. The summed E-state index contributed by atoms with van der Waals surface area (Å²) in [5.41, 5.74) is 2.34. The van der Waals surface area contributed by atoms with Gasteiger partial charge in [-0.1, -0.05) is 36.4 Å². The highest BCUT2D eigenvalue weighted by molar-refractivity contribution is 5.99. The van der Waals surface area contributed by atoms with Gasteiger partial charge in [0, 0.05) is 12.2 Å². The van der Waals surface area contributed by atoms with E-state index in [0.29, 0.717) is 24.9 Å². The summed E-state index contributed by atoms with van der Waals surface area (Å²) in [6.45, 7) is 2.29. The Labute approximate surface area is 146 Å². The molecule has 2 atom stereocenters. The first-order valence-electron chi connectivity index (χ1n) is 8.44. The molecule has 1 fully saturated rings. The van der Waals surface area contributed by atoms with Gasteiger partial charge in [-0.25, -0.2) is 4.39 Å². The zero-order chi connectivity index (χ0) is 17.8. The summed E-state index contributed by atoms with van der Waals surface area (Å²) in [7, 11) is 0. The fourth-order valence-electron chi connectivity index (χ4n) is 2.87. The molecule has 0 aliphatic heterocycles. The number of nitrogens with one attached hydrogen (secondary N) is 2. The van der Waals surface area contributed by atoms with Gasteiger partial charge in [-0.15, -0.1) is 0 Å². The molecule has 0 aromatic heterocycles. The van der Waals surface area contributed by atoms with Gasteiger partial charge in [0.25, 0.3) is 0 Å². The number of amides is 2. The fourth-order valence-corrected chi connectivity index (χ4v) is 2.87. The van der Waals surface area contributed by atoms with Crippen LogP contribution >= 0.6 is 0 Å². The molecule has 1 saturated carbocycles. The Morgan fingerprint density at radius 1 is 1.04 bits per heavy atom. The Morgan fingerprint density at radius 3 is 2.48 bits per heavy atom. The minimum atomic E-state index is -0.287. The van der Waals surface area contributed by atoms with Gasteiger partial charge in [0.2, 0.25) is 11.8 Å². The van der Waals surface area contributed by atoms with Crippen molar-refractivity contribution in [3.8, 4) is 0 Å². The summed E-state index contributed by atoms with van der Waals surface area (Å²) in [6, 6.07) is 14.1. The Morgan fingerprint density at radius 2 is 1.72 bits per heavy atom. The van der Waals surface area contributed by atoms with Crippen LogP contribution in [0.5, 0.6) is 0 Å². The van der Waals surface area contributed by atoms with Gasteiger partial charge in [0.05, 0.1) is 11.8 Å². The quantitative estimate of drug-likeness (QED) is 0.849. The molecule has 3 rings (SSSR count). The van der Waals surface area contributed by atoms with Crippen LogP contribution in [0.3, 0.4) is 0 Å². The summed E-state index contributed by atoms with van der Waals surface area (Å²) >= 11 is 0. The number of aryl methyl sites for hydroxylation is 1. The molecule has 2 N–H and O–H groups in total. The van der Waals surface area contributed by atoms with Gasteiger partial charge in [-0.2, -0.15) is 0 Å². The molecule has 25 heavy (non-hydrogen) atoms. The van der Waals surface area contributed by atoms with E-state index in [1.54, 1.807) is 18.2 Å². The molecular weight excluding hydrogens is 319 g/mol. The van der Waals surface area contributed by atoms with E-state index in [1.807, 2.05) is 31.2 Å². The van der Waals surface area contributed by atoms with E-state index in [4.69, 9.17) is 0 Å². The maximum atomic E-state index is 13.5. The normalized spacial score (nSPS) is 18.5. The summed E-state index contributed by atoms with van der Waals surface area (Å²) in [4.78, 5) is 24.4. The third-order valence-electron chi connectivity index (χ3n) is 4.52. The van der Waals surface area contributed by atoms with E-state index >= 15 is 0 Å². The van der Waals surface area contributed by atoms with Gasteiger partial charge in [-0.05, 0) is 43.0 Å². The standard InChI is InChI=1S/C20H21FN2O2/c1-13-6-2-5-9-18(13)23-20(25)16-12-15(16)19(24)22-11-10-14-7-3-4-8-17(14)21/h2-9,15-16H,10-12H2,1H3,(H,22,24)(H,23,25). The largest absolute Gasteiger partial charge is 0.356 e. The molecule has 0 heterocycles. The third-order valence-corrected chi connectivity index (χ3v) is 4.52. The predicted octanol–water partition coefficient (Wildman–Crippen LogP) is 3.07. The average molecular weight is 340 g/mol. The SMILES string of the molecule is Cc1ccccc1NC(=O)C1CC1C(=O)NCCc1ccccc1F. The first-order chi connectivity index (χ1) is 12.1. The molecule has 0 radical (unpaired) electrons. The fraction of sp³-hybridized carbons (Fsp3) is 0.300. The van der Waals surface area contributed by atoms with E-state index in [0.717, 1.165) is 11.3 Å². The van der Waals surface area contributed by atoms with Crippen molar-refractivity contribution >= 4 is 17.5 Å². The number of para-hydroxylation sites is 1. The minimum Gasteiger partial charge on any atom is -0.356 e. The summed E-state index contributed by atoms with van der Waals surface area (Å²) in [5.74, 6) is -1.10. The minimum absolute atomic E-state index is 0.122. The van der Waals surface area contributed by atoms with Crippen molar-refractivity contribution in [3.63, 3.8) is 0 Å². The molecule has 130 valence electrons. The maximum absolute atomic E-state index is 13.5. The highest BCUT2D eigenvalue weighted by atomic mass is 19.1. The van der Waals surface area contributed by atoms with E-state index < -0.39 is 0 Å². The van der Waals surface area contributed by atoms with Crippen LogP contribution in [-0.2, 0) is 16.0 Å². The summed E-state index contributed by atoms with van der Waals surface area (Å²) < 4.78 is 13.5. The number of halogens is 1. The third kappa shape index (κ3) is 4.24. The highest BCUT2D eigenvalue weighted by Gasteiger charge is 2.47. The van der Waals surface area contributed by atoms with Crippen molar-refractivity contribution < 1.29 is 14.0 Å². The molecule has 1 aliphatic rings. The number of benzene rings is 2. The number of rotatable bonds is 6. The summed E-state index contributed by atoms with van der Waals surface area (Å²) in [5, 5.41) is 5.67. The molecule has 2 aromatic rings. The number of hydrogen-bond donors (Lipinski definition) is 2. The van der Waals surface area contributed by atoms with E-state index in [-0.39, 0.29) is 29.5 Å². The van der Waals surface area contributed by atoms with E-state index in [9.17, 15) is 14.0 Å². The maximum Gasteiger partial charge on any atom is 0.228 e.